The molecule has 0 unspecified atom stereocenters. The molecule has 0 radical (unpaired) electrons. The maximum atomic E-state index is 13.0. The van der Waals surface area contributed by atoms with Crippen molar-refractivity contribution in [2.45, 2.75) is 13.5 Å². The van der Waals surface area contributed by atoms with Gasteiger partial charge in [-0.2, -0.15) is 0 Å². The van der Waals surface area contributed by atoms with Gasteiger partial charge >= 0.3 is 0 Å². The molecule has 62 valence electrons. The van der Waals surface area contributed by atoms with Gasteiger partial charge in [-0.15, -0.1) is 5.10 Å². The van der Waals surface area contributed by atoms with Crippen LogP contribution in [-0.2, 0) is 6.54 Å². The molecule has 0 bridgehead atoms. The molecule has 0 aliphatic rings. The molecule has 0 fully saturated rings. The summed E-state index contributed by atoms with van der Waals surface area (Å²) in [6.45, 7) is 2.65. The number of aromatic nitrogens is 3. The lowest BCUT2D eigenvalue weighted by molar-refractivity contribution is 0.633. The second kappa shape index (κ2) is 2.55. The van der Waals surface area contributed by atoms with E-state index in [0.717, 1.165) is 5.52 Å². The van der Waals surface area contributed by atoms with Crippen LogP contribution in [0.5, 0.6) is 0 Å². The van der Waals surface area contributed by atoms with E-state index in [2.05, 4.69) is 10.3 Å². The van der Waals surface area contributed by atoms with Crippen molar-refractivity contribution < 1.29 is 4.39 Å². The van der Waals surface area contributed by atoms with E-state index in [-0.39, 0.29) is 5.82 Å². The third kappa shape index (κ3) is 0.879. The van der Waals surface area contributed by atoms with Gasteiger partial charge in [0.1, 0.15) is 5.52 Å². The number of benzene rings is 1. The molecule has 0 amide bonds. The van der Waals surface area contributed by atoms with Gasteiger partial charge in [-0.05, 0) is 19.1 Å². The molecule has 3 nitrogen and oxygen atoms in total. The smallest absolute Gasteiger partial charge is 0.152 e. The van der Waals surface area contributed by atoms with Crippen LogP contribution in [0.1, 0.15) is 6.92 Å². The van der Waals surface area contributed by atoms with E-state index in [1.165, 1.54) is 6.07 Å². The standard InChI is InChI=1S/C8H8FN3/c1-2-12-7-5-3-4-6(9)8(7)10-11-12/h3-5H,2H2,1H3. The molecule has 0 N–H and O–H groups in total. The highest BCUT2D eigenvalue weighted by Gasteiger charge is 2.05. The van der Waals surface area contributed by atoms with Crippen molar-refractivity contribution in [1.29, 1.82) is 0 Å². The van der Waals surface area contributed by atoms with Gasteiger partial charge in [0.05, 0.1) is 5.52 Å². The van der Waals surface area contributed by atoms with Crippen LogP contribution in [-0.4, -0.2) is 15.0 Å². The average Bonchev–Trinajstić information content (AvgIpc) is 2.49. The molecule has 1 heterocycles. The molecule has 2 rings (SSSR count). The first-order valence-corrected chi connectivity index (χ1v) is 3.80. The van der Waals surface area contributed by atoms with Crippen LogP contribution in [0.3, 0.4) is 0 Å². The van der Waals surface area contributed by atoms with Crippen molar-refractivity contribution >= 4 is 11.0 Å². The van der Waals surface area contributed by atoms with Gasteiger partial charge in [-0.25, -0.2) is 9.07 Å². The summed E-state index contributed by atoms with van der Waals surface area (Å²) in [6.07, 6.45) is 0. The Labute approximate surface area is 68.8 Å². The Balaban J connectivity index is 2.80. The normalized spacial score (nSPS) is 10.8. The van der Waals surface area contributed by atoms with E-state index in [1.54, 1.807) is 10.7 Å². The van der Waals surface area contributed by atoms with Crippen molar-refractivity contribution in [1.82, 2.24) is 15.0 Å². The van der Waals surface area contributed by atoms with Crippen LogP contribution in [0.4, 0.5) is 4.39 Å². The molecule has 0 atom stereocenters. The molecular weight excluding hydrogens is 157 g/mol. The summed E-state index contributed by atoms with van der Waals surface area (Å²) in [4.78, 5) is 0. The van der Waals surface area contributed by atoms with Gasteiger partial charge < -0.3 is 0 Å². The predicted molar refractivity (Wildman–Crippen MR) is 43.2 cm³/mol. The largest absolute Gasteiger partial charge is 0.245 e. The Kier molecular flexibility index (Phi) is 1.53. The summed E-state index contributed by atoms with van der Waals surface area (Å²) in [6, 6.07) is 4.85. The third-order valence-electron chi connectivity index (χ3n) is 1.80. The summed E-state index contributed by atoms with van der Waals surface area (Å²) < 4.78 is 14.7. The first-order chi connectivity index (χ1) is 5.83. The number of nitrogens with zero attached hydrogens (tertiary/aromatic N) is 3. The van der Waals surface area contributed by atoms with Crippen LogP contribution < -0.4 is 0 Å². The summed E-state index contributed by atoms with van der Waals surface area (Å²) in [7, 11) is 0. The molecule has 12 heavy (non-hydrogen) atoms. The maximum absolute atomic E-state index is 13.0. The van der Waals surface area contributed by atoms with Crippen molar-refractivity contribution in [3.05, 3.63) is 24.0 Å². The zero-order valence-corrected chi connectivity index (χ0v) is 6.66. The van der Waals surface area contributed by atoms with Crippen LogP contribution in [0.15, 0.2) is 18.2 Å². The topological polar surface area (TPSA) is 30.7 Å². The van der Waals surface area contributed by atoms with Gasteiger partial charge in [-0.1, -0.05) is 11.3 Å². The minimum Gasteiger partial charge on any atom is -0.245 e. The first kappa shape index (κ1) is 7.21. The van der Waals surface area contributed by atoms with Gasteiger partial charge in [0.25, 0.3) is 0 Å². The molecule has 1 aromatic carbocycles. The number of fused-ring (bicyclic) bond motifs is 1. The van der Waals surface area contributed by atoms with Crippen LogP contribution in [0.2, 0.25) is 0 Å². The average molecular weight is 165 g/mol. The second-order valence-corrected chi connectivity index (χ2v) is 2.51. The van der Waals surface area contributed by atoms with Crippen molar-refractivity contribution in [2.75, 3.05) is 0 Å². The Bertz CT molecular complexity index is 408. The summed E-state index contributed by atoms with van der Waals surface area (Å²) >= 11 is 0. The van der Waals surface area contributed by atoms with E-state index >= 15 is 0 Å². The van der Waals surface area contributed by atoms with Crippen molar-refractivity contribution in [3.8, 4) is 0 Å². The van der Waals surface area contributed by atoms with Crippen LogP contribution in [0, 0.1) is 5.82 Å². The lowest BCUT2D eigenvalue weighted by Gasteiger charge is -1.94. The number of rotatable bonds is 1. The minimum absolute atomic E-state index is 0.313. The summed E-state index contributed by atoms with van der Waals surface area (Å²) in [5, 5.41) is 7.53. The van der Waals surface area contributed by atoms with Crippen LogP contribution in [0.25, 0.3) is 11.0 Å². The molecule has 0 spiro atoms. The zero-order chi connectivity index (χ0) is 8.55. The number of hydrogen-bond donors (Lipinski definition) is 0. The molecule has 0 aliphatic heterocycles. The van der Waals surface area contributed by atoms with E-state index in [1.807, 2.05) is 13.0 Å². The van der Waals surface area contributed by atoms with Gasteiger partial charge in [0, 0.05) is 6.54 Å². The fourth-order valence-corrected chi connectivity index (χ4v) is 1.19. The minimum atomic E-state index is -0.313. The second-order valence-electron chi connectivity index (χ2n) is 2.51. The molecule has 2 aromatic rings. The summed E-state index contributed by atoms with van der Waals surface area (Å²) in [5.74, 6) is -0.313. The predicted octanol–water partition coefficient (Wildman–Crippen LogP) is 1.59. The number of aryl methyl sites for hydroxylation is 1. The van der Waals surface area contributed by atoms with E-state index in [4.69, 9.17) is 0 Å². The van der Waals surface area contributed by atoms with Gasteiger partial charge in [0.2, 0.25) is 0 Å². The SMILES string of the molecule is CCn1nnc2c(F)cccc21. The Morgan fingerprint density at radius 2 is 2.33 bits per heavy atom. The maximum Gasteiger partial charge on any atom is 0.152 e. The molecule has 4 heteroatoms. The Hall–Kier alpha value is -1.45. The monoisotopic (exact) mass is 165 g/mol. The molecule has 1 aromatic heterocycles. The van der Waals surface area contributed by atoms with Crippen molar-refractivity contribution in [3.63, 3.8) is 0 Å². The quantitative estimate of drug-likeness (QED) is 0.642. The van der Waals surface area contributed by atoms with Crippen LogP contribution >= 0.6 is 0 Å². The van der Waals surface area contributed by atoms with Crippen molar-refractivity contribution in [2.24, 2.45) is 0 Å². The Morgan fingerprint density at radius 3 is 3.08 bits per heavy atom. The van der Waals surface area contributed by atoms with E-state index in [9.17, 15) is 4.39 Å². The zero-order valence-electron chi connectivity index (χ0n) is 6.66. The van der Waals surface area contributed by atoms with Gasteiger partial charge in [0.15, 0.2) is 5.82 Å². The molecule has 0 aliphatic carbocycles. The highest BCUT2D eigenvalue weighted by Crippen LogP contribution is 2.13. The summed E-state index contributed by atoms with van der Waals surface area (Å²) in [5.41, 5.74) is 1.09. The Morgan fingerprint density at radius 1 is 1.50 bits per heavy atom. The fraction of sp³-hybridized carbons (Fsp3) is 0.250. The van der Waals surface area contributed by atoms with E-state index in [0.29, 0.717) is 12.1 Å². The fourth-order valence-electron chi connectivity index (χ4n) is 1.19. The third-order valence-corrected chi connectivity index (χ3v) is 1.80. The van der Waals surface area contributed by atoms with E-state index < -0.39 is 0 Å². The number of halogens is 1. The molecule has 0 saturated carbocycles. The molecular formula is C8H8FN3. The lowest BCUT2D eigenvalue weighted by atomic mass is 10.3. The van der Waals surface area contributed by atoms with Gasteiger partial charge in [-0.3, -0.25) is 0 Å². The molecule has 0 saturated heterocycles. The first-order valence-electron chi connectivity index (χ1n) is 3.80. The number of hydrogen-bond acceptors (Lipinski definition) is 2. The highest BCUT2D eigenvalue weighted by molar-refractivity contribution is 5.74. The highest BCUT2D eigenvalue weighted by atomic mass is 19.1. The lowest BCUT2D eigenvalue weighted by Crippen LogP contribution is -1.95.